The number of nitrogens with zero attached hydrogens (tertiary/aromatic N) is 3. The molecule has 3 heterocycles. The number of fused-ring (bicyclic) bond motifs is 2. The van der Waals surface area contributed by atoms with Crippen LogP contribution in [0.15, 0.2) is 44.3 Å². The number of amidine groups is 1. The van der Waals surface area contributed by atoms with Crippen LogP contribution >= 0.6 is 15.9 Å². The van der Waals surface area contributed by atoms with Gasteiger partial charge in [-0.3, -0.25) is 9.36 Å². The van der Waals surface area contributed by atoms with Crippen molar-refractivity contribution in [1.82, 2.24) is 9.47 Å². The molecular weight excluding hydrogens is 294 g/mol. The zero-order valence-electron chi connectivity index (χ0n) is 10.1. The highest BCUT2D eigenvalue weighted by atomic mass is 79.9. The van der Waals surface area contributed by atoms with E-state index >= 15 is 0 Å². The minimum Gasteiger partial charge on any atom is -0.313 e. The Morgan fingerprint density at radius 3 is 2.89 bits per heavy atom. The van der Waals surface area contributed by atoms with Crippen LogP contribution in [0.4, 0.5) is 5.82 Å². The monoisotopic (exact) mass is 305 g/mol. The molecule has 1 aromatic rings. The number of aliphatic imine (C=N–C) groups is 1. The Morgan fingerprint density at radius 1 is 1.33 bits per heavy atom. The van der Waals surface area contributed by atoms with Gasteiger partial charge in [0, 0.05) is 16.7 Å². The average Bonchev–Trinajstić information content (AvgIpc) is 2.32. The van der Waals surface area contributed by atoms with Gasteiger partial charge in [0.05, 0.1) is 0 Å². The molecule has 4 nitrogen and oxygen atoms in total. The smallest absolute Gasteiger partial charge is 0.253 e. The third-order valence-electron chi connectivity index (χ3n) is 3.11. The van der Waals surface area contributed by atoms with Crippen LogP contribution in [0.2, 0.25) is 0 Å². The molecule has 3 rings (SSSR count). The first-order valence-corrected chi connectivity index (χ1v) is 6.47. The van der Waals surface area contributed by atoms with E-state index in [2.05, 4.69) is 20.9 Å². The molecule has 0 amide bonds. The maximum Gasteiger partial charge on any atom is 0.253 e. The van der Waals surface area contributed by atoms with E-state index < -0.39 is 0 Å². The molecule has 0 unspecified atom stereocenters. The Balaban J connectivity index is 2.24. The lowest BCUT2D eigenvalue weighted by atomic mass is 10.1. The third kappa shape index (κ3) is 1.66. The summed E-state index contributed by atoms with van der Waals surface area (Å²) in [7, 11) is 0. The van der Waals surface area contributed by atoms with Crippen molar-refractivity contribution in [3.05, 3.63) is 50.4 Å². The standard InChI is InChI=1S/C13H12BrN3O/c1-8-3-4-11(18)17-7-16-6-10(14)5-9(2)12(16)15-13(8)17/h3-6H,7H2,1-2H3. The molecule has 0 N–H and O–H groups in total. The predicted molar refractivity (Wildman–Crippen MR) is 75.1 cm³/mol. The van der Waals surface area contributed by atoms with E-state index in [9.17, 15) is 4.79 Å². The van der Waals surface area contributed by atoms with Gasteiger partial charge < -0.3 is 4.90 Å². The Bertz CT molecular complexity index is 682. The van der Waals surface area contributed by atoms with Crippen molar-refractivity contribution in [2.45, 2.75) is 20.5 Å². The summed E-state index contributed by atoms with van der Waals surface area (Å²) in [6, 6.07) is 3.41. The van der Waals surface area contributed by atoms with Crippen molar-refractivity contribution in [2.75, 3.05) is 0 Å². The van der Waals surface area contributed by atoms with Crippen LogP contribution in [0.5, 0.6) is 0 Å². The van der Waals surface area contributed by atoms with Crippen LogP contribution in [0, 0.1) is 6.92 Å². The molecule has 0 saturated carbocycles. The summed E-state index contributed by atoms with van der Waals surface area (Å²) in [5.41, 5.74) is 2.09. The van der Waals surface area contributed by atoms with Gasteiger partial charge in [-0.2, -0.15) is 0 Å². The number of halogens is 1. The Labute approximate surface area is 113 Å². The molecule has 0 fully saturated rings. The lowest BCUT2D eigenvalue weighted by Gasteiger charge is -2.31. The Kier molecular flexibility index (Phi) is 2.52. The second kappa shape index (κ2) is 3.95. The maximum absolute atomic E-state index is 11.9. The topological polar surface area (TPSA) is 37.6 Å². The number of allylic oxidation sites excluding steroid dienone is 2. The van der Waals surface area contributed by atoms with Gasteiger partial charge in [-0.05, 0) is 47.0 Å². The quantitative estimate of drug-likeness (QED) is 0.739. The number of hydrogen-bond acceptors (Lipinski definition) is 3. The zero-order valence-corrected chi connectivity index (χ0v) is 11.7. The van der Waals surface area contributed by atoms with Gasteiger partial charge in [-0.1, -0.05) is 6.07 Å². The van der Waals surface area contributed by atoms with Crippen LogP contribution in [-0.2, 0) is 6.67 Å². The van der Waals surface area contributed by atoms with Crippen LogP contribution < -0.4 is 5.56 Å². The predicted octanol–water partition coefficient (Wildman–Crippen LogP) is 2.66. The Morgan fingerprint density at radius 2 is 2.11 bits per heavy atom. The summed E-state index contributed by atoms with van der Waals surface area (Å²) < 4.78 is 2.68. The number of aromatic nitrogens is 1. The van der Waals surface area contributed by atoms with Crippen molar-refractivity contribution in [3.8, 4) is 0 Å². The number of aryl methyl sites for hydroxylation is 1. The second-order valence-corrected chi connectivity index (χ2v) is 5.41. The summed E-state index contributed by atoms with van der Waals surface area (Å²) in [5.74, 6) is 1.67. The number of hydrogen-bond donors (Lipinski definition) is 0. The molecule has 92 valence electrons. The van der Waals surface area contributed by atoms with Crippen LogP contribution in [-0.4, -0.2) is 15.3 Å². The molecule has 0 bridgehead atoms. The molecule has 5 heteroatoms. The van der Waals surface area contributed by atoms with Gasteiger partial charge in [-0.15, -0.1) is 0 Å². The van der Waals surface area contributed by atoms with E-state index in [0.29, 0.717) is 6.67 Å². The third-order valence-corrected chi connectivity index (χ3v) is 3.55. The molecule has 0 saturated heterocycles. The average molecular weight is 306 g/mol. The highest BCUT2D eigenvalue weighted by Gasteiger charge is 2.23. The van der Waals surface area contributed by atoms with Gasteiger partial charge in [0.2, 0.25) is 0 Å². The summed E-state index contributed by atoms with van der Waals surface area (Å²) in [6.07, 6.45) is 3.98. The molecule has 0 spiro atoms. The van der Waals surface area contributed by atoms with Gasteiger partial charge in [-0.25, -0.2) is 4.99 Å². The van der Waals surface area contributed by atoms with Crippen molar-refractivity contribution in [1.29, 1.82) is 0 Å². The summed E-state index contributed by atoms with van der Waals surface area (Å²) in [6.45, 7) is 4.50. The van der Waals surface area contributed by atoms with Crippen LogP contribution in [0.3, 0.4) is 0 Å². The summed E-state index contributed by atoms with van der Waals surface area (Å²) in [5, 5.41) is 0. The van der Waals surface area contributed by atoms with Gasteiger partial charge >= 0.3 is 0 Å². The molecular formula is C13H12BrN3O. The minimum atomic E-state index is -0.0184. The highest BCUT2D eigenvalue weighted by molar-refractivity contribution is 9.11. The van der Waals surface area contributed by atoms with Gasteiger partial charge in [0.15, 0.2) is 0 Å². The normalized spacial score (nSPS) is 17.5. The lowest BCUT2D eigenvalue weighted by Crippen LogP contribution is -2.38. The summed E-state index contributed by atoms with van der Waals surface area (Å²) >= 11 is 3.46. The van der Waals surface area contributed by atoms with Crippen LogP contribution in [0.25, 0.3) is 0 Å². The first-order valence-electron chi connectivity index (χ1n) is 5.68. The van der Waals surface area contributed by atoms with Gasteiger partial charge in [0.25, 0.3) is 5.56 Å². The van der Waals surface area contributed by atoms with Crippen LogP contribution in [0.1, 0.15) is 12.5 Å². The molecule has 0 radical (unpaired) electrons. The number of pyridine rings is 1. The Hall–Kier alpha value is -1.62. The fourth-order valence-corrected chi connectivity index (χ4v) is 2.81. The second-order valence-electron chi connectivity index (χ2n) is 4.49. The van der Waals surface area contributed by atoms with Gasteiger partial charge in [0.1, 0.15) is 18.3 Å². The SMILES string of the molecule is CC1=CC(Br)=CN2Cn3c(c(C)ccc3=O)N=C12. The molecule has 0 atom stereocenters. The van der Waals surface area contributed by atoms with E-state index in [1.54, 1.807) is 10.6 Å². The fourth-order valence-electron chi connectivity index (χ4n) is 2.22. The van der Waals surface area contributed by atoms with E-state index in [1.165, 1.54) is 0 Å². The van der Waals surface area contributed by atoms with E-state index in [0.717, 1.165) is 27.3 Å². The number of rotatable bonds is 0. The van der Waals surface area contributed by atoms with E-state index in [4.69, 9.17) is 0 Å². The molecule has 0 aliphatic carbocycles. The first-order chi connectivity index (χ1) is 8.56. The highest BCUT2D eigenvalue weighted by Crippen LogP contribution is 2.28. The minimum absolute atomic E-state index is 0.0184. The molecule has 2 aliphatic heterocycles. The molecule has 1 aromatic heterocycles. The van der Waals surface area contributed by atoms with E-state index in [1.807, 2.05) is 37.1 Å². The van der Waals surface area contributed by atoms with Crippen molar-refractivity contribution < 1.29 is 0 Å². The fraction of sp³-hybridized carbons (Fsp3) is 0.231. The molecule has 18 heavy (non-hydrogen) atoms. The van der Waals surface area contributed by atoms with Crippen molar-refractivity contribution in [3.63, 3.8) is 0 Å². The maximum atomic E-state index is 11.9. The summed E-state index contributed by atoms with van der Waals surface area (Å²) in [4.78, 5) is 18.5. The van der Waals surface area contributed by atoms with Crippen molar-refractivity contribution in [2.24, 2.45) is 4.99 Å². The lowest BCUT2D eigenvalue weighted by molar-refractivity contribution is 0.417. The zero-order chi connectivity index (χ0) is 12.9. The van der Waals surface area contributed by atoms with Crippen molar-refractivity contribution >= 4 is 27.6 Å². The van der Waals surface area contributed by atoms with E-state index in [-0.39, 0.29) is 5.56 Å². The largest absolute Gasteiger partial charge is 0.313 e. The first kappa shape index (κ1) is 11.5. The molecule has 0 aromatic carbocycles. The molecule has 2 aliphatic rings.